The highest BCUT2D eigenvalue weighted by Gasteiger charge is 2.27. The quantitative estimate of drug-likeness (QED) is 0.351. The fraction of sp³-hybridized carbons (Fsp3) is 0.154. The van der Waals surface area contributed by atoms with Crippen molar-refractivity contribution in [3.8, 4) is 11.4 Å². The Morgan fingerprint density at radius 1 is 1.08 bits per heavy atom. The van der Waals surface area contributed by atoms with Gasteiger partial charge < -0.3 is 14.6 Å². The molecule has 3 aromatic carbocycles. The number of nitrogens with zero attached hydrogens (tertiary/aromatic N) is 3. The topological polar surface area (TPSA) is 93.5 Å². The Bertz CT molecular complexity index is 1470. The van der Waals surface area contributed by atoms with E-state index in [1.54, 1.807) is 36.5 Å². The number of methoxy groups -OCH3 is 1. The lowest BCUT2D eigenvalue weighted by molar-refractivity contribution is -0.119. The van der Waals surface area contributed by atoms with Gasteiger partial charge in [-0.15, -0.1) is 0 Å². The van der Waals surface area contributed by atoms with Crippen molar-refractivity contribution in [2.24, 2.45) is 0 Å². The van der Waals surface area contributed by atoms with Crippen LogP contribution in [0.3, 0.4) is 0 Å². The average molecular weight is 525 g/mol. The Hall–Kier alpha value is -3.82. The molecule has 0 bridgehead atoms. The van der Waals surface area contributed by atoms with Gasteiger partial charge in [0.15, 0.2) is 0 Å². The first-order chi connectivity index (χ1) is 17.3. The average Bonchev–Trinajstić information content (AvgIpc) is 3.31. The third-order valence-electron chi connectivity index (χ3n) is 5.58. The van der Waals surface area contributed by atoms with Crippen LogP contribution in [0, 0.1) is 6.92 Å². The highest BCUT2D eigenvalue weighted by atomic mass is 35.5. The summed E-state index contributed by atoms with van der Waals surface area (Å²) >= 11 is 6.14. The standard InChI is InChI=1S/C26H25ClN4O4S/c1-19-28-14-15-30(19)25-9-4-3-6-20(25)17-29-26(32)18-31(22-8-5-7-21(27)16-22)36(33,34)24-12-10-23(35-2)11-13-24/h3-16H,17-18H2,1-2H3,(H,29,32). The first-order valence-corrected chi connectivity index (χ1v) is 12.9. The van der Waals surface area contributed by atoms with Gasteiger partial charge in [0, 0.05) is 24.0 Å². The number of anilines is 1. The predicted molar refractivity (Wildman–Crippen MR) is 139 cm³/mol. The lowest BCUT2D eigenvalue weighted by Crippen LogP contribution is -2.40. The maximum atomic E-state index is 13.6. The molecule has 0 saturated heterocycles. The number of carbonyl (C=O) groups excluding carboxylic acids is 1. The van der Waals surface area contributed by atoms with Crippen LogP contribution in [-0.2, 0) is 21.4 Å². The lowest BCUT2D eigenvalue weighted by atomic mass is 10.1. The van der Waals surface area contributed by atoms with E-state index >= 15 is 0 Å². The van der Waals surface area contributed by atoms with Crippen LogP contribution in [0.5, 0.6) is 5.75 Å². The number of sulfonamides is 1. The summed E-state index contributed by atoms with van der Waals surface area (Å²) in [4.78, 5) is 17.3. The van der Waals surface area contributed by atoms with E-state index in [0.29, 0.717) is 10.8 Å². The number of ether oxygens (including phenoxy) is 1. The molecule has 0 aliphatic heterocycles. The van der Waals surface area contributed by atoms with Crippen LogP contribution in [0.4, 0.5) is 5.69 Å². The van der Waals surface area contributed by atoms with Crippen molar-refractivity contribution >= 4 is 33.2 Å². The second kappa shape index (κ2) is 10.8. The maximum absolute atomic E-state index is 13.6. The molecule has 0 atom stereocenters. The van der Waals surface area contributed by atoms with Crippen molar-refractivity contribution in [3.63, 3.8) is 0 Å². The van der Waals surface area contributed by atoms with Crippen LogP contribution in [0.15, 0.2) is 90.1 Å². The van der Waals surface area contributed by atoms with Gasteiger partial charge in [0.25, 0.3) is 10.0 Å². The first-order valence-electron chi connectivity index (χ1n) is 11.1. The number of hydrogen-bond acceptors (Lipinski definition) is 5. The fourth-order valence-corrected chi connectivity index (χ4v) is 5.33. The molecule has 0 spiro atoms. The van der Waals surface area contributed by atoms with Crippen molar-refractivity contribution < 1.29 is 17.9 Å². The number of nitrogens with one attached hydrogen (secondary N) is 1. The van der Waals surface area contributed by atoms with Gasteiger partial charge in [0.05, 0.1) is 23.4 Å². The Morgan fingerprint density at radius 2 is 1.83 bits per heavy atom. The molecule has 36 heavy (non-hydrogen) atoms. The molecule has 0 unspecified atom stereocenters. The molecule has 0 saturated carbocycles. The molecule has 0 aliphatic carbocycles. The Kier molecular flexibility index (Phi) is 7.61. The molecule has 10 heteroatoms. The minimum Gasteiger partial charge on any atom is -0.497 e. The van der Waals surface area contributed by atoms with Crippen molar-refractivity contribution in [2.45, 2.75) is 18.4 Å². The second-order valence-corrected chi connectivity index (χ2v) is 10.2. The van der Waals surface area contributed by atoms with Crippen molar-refractivity contribution in [2.75, 3.05) is 18.0 Å². The van der Waals surface area contributed by atoms with Gasteiger partial charge in [-0.05, 0) is 61.0 Å². The third kappa shape index (κ3) is 5.53. The zero-order valence-electron chi connectivity index (χ0n) is 19.8. The molecular formula is C26H25ClN4O4S. The summed E-state index contributed by atoms with van der Waals surface area (Å²) in [6.45, 7) is 1.67. The molecule has 8 nitrogen and oxygen atoms in total. The van der Waals surface area contributed by atoms with Crippen LogP contribution in [0.1, 0.15) is 11.4 Å². The van der Waals surface area contributed by atoms with Gasteiger partial charge in [-0.1, -0.05) is 35.9 Å². The number of hydrogen-bond donors (Lipinski definition) is 1. The molecular weight excluding hydrogens is 500 g/mol. The van der Waals surface area contributed by atoms with Crippen molar-refractivity contribution in [3.05, 3.63) is 102 Å². The van der Waals surface area contributed by atoms with E-state index in [0.717, 1.165) is 21.4 Å². The summed E-state index contributed by atoms with van der Waals surface area (Å²) in [7, 11) is -2.58. The van der Waals surface area contributed by atoms with Crippen LogP contribution in [0.25, 0.3) is 5.69 Å². The zero-order chi connectivity index (χ0) is 25.7. The van der Waals surface area contributed by atoms with Crippen LogP contribution < -0.4 is 14.4 Å². The molecule has 0 aliphatic rings. The molecule has 1 aromatic heterocycles. The zero-order valence-corrected chi connectivity index (χ0v) is 21.3. The number of para-hydroxylation sites is 1. The number of aromatic nitrogens is 2. The van der Waals surface area contributed by atoms with E-state index in [-0.39, 0.29) is 17.1 Å². The summed E-state index contributed by atoms with van der Waals surface area (Å²) in [5.41, 5.74) is 2.02. The Balaban J connectivity index is 1.58. The minimum absolute atomic E-state index is 0.0250. The van der Waals surface area contributed by atoms with Crippen molar-refractivity contribution in [1.82, 2.24) is 14.9 Å². The lowest BCUT2D eigenvalue weighted by Gasteiger charge is -2.24. The first kappa shape index (κ1) is 25.3. The molecule has 1 N–H and O–H groups in total. The predicted octanol–water partition coefficient (Wildman–Crippen LogP) is 4.35. The van der Waals surface area contributed by atoms with Gasteiger partial charge in [0.2, 0.25) is 5.91 Å². The van der Waals surface area contributed by atoms with E-state index in [2.05, 4.69) is 10.3 Å². The van der Waals surface area contributed by atoms with Crippen LogP contribution in [-0.4, -0.2) is 37.5 Å². The number of halogens is 1. The van der Waals surface area contributed by atoms with E-state index in [4.69, 9.17) is 16.3 Å². The van der Waals surface area contributed by atoms with Gasteiger partial charge in [-0.25, -0.2) is 13.4 Å². The Morgan fingerprint density at radius 3 is 2.50 bits per heavy atom. The van der Waals surface area contributed by atoms with Crippen molar-refractivity contribution in [1.29, 1.82) is 0 Å². The van der Waals surface area contributed by atoms with E-state index < -0.39 is 22.5 Å². The SMILES string of the molecule is COc1ccc(S(=O)(=O)N(CC(=O)NCc2ccccc2-n2ccnc2C)c2cccc(Cl)c2)cc1. The molecule has 0 radical (unpaired) electrons. The molecule has 1 heterocycles. The number of imidazole rings is 1. The number of aryl methyl sites for hydroxylation is 1. The van der Waals surface area contributed by atoms with E-state index in [1.807, 2.05) is 42.0 Å². The molecule has 0 fully saturated rings. The highest BCUT2D eigenvalue weighted by Crippen LogP contribution is 2.27. The van der Waals surface area contributed by atoms with E-state index in [9.17, 15) is 13.2 Å². The van der Waals surface area contributed by atoms with E-state index in [1.165, 1.54) is 25.3 Å². The molecule has 186 valence electrons. The molecule has 1 amide bonds. The summed E-state index contributed by atoms with van der Waals surface area (Å²) in [6.07, 6.45) is 3.55. The summed E-state index contributed by atoms with van der Waals surface area (Å²) < 4.78 is 35.2. The Labute approximate surface area is 215 Å². The molecule has 4 aromatic rings. The number of rotatable bonds is 9. The van der Waals surface area contributed by atoms with Gasteiger partial charge in [-0.2, -0.15) is 0 Å². The summed E-state index contributed by atoms with van der Waals surface area (Å²) in [6, 6.07) is 20.0. The maximum Gasteiger partial charge on any atom is 0.264 e. The largest absolute Gasteiger partial charge is 0.497 e. The summed E-state index contributed by atoms with van der Waals surface area (Å²) in [5.74, 6) is 0.864. The number of amides is 1. The van der Waals surface area contributed by atoms with Crippen LogP contribution in [0.2, 0.25) is 5.02 Å². The monoisotopic (exact) mass is 524 g/mol. The second-order valence-electron chi connectivity index (χ2n) is 7.92. The van der Waals surface area contributed by atoms with Gasteiger partial charge >= 0.3 is 0 Å². The van der Waals surface area contributed by atoms with Gasteiger partial charge in [-0.3, -0.25) is 9.10 Å². The summed E-state index contributed by atoms with van der Waals surface area (Å²) in [5, 5.41) is 3.20. The normalized spacial score (nSPS) is 11.2. The van der Waals surface area contributed by atoms with Crippen LogP contribution >= 0.6 is 11.6 Å². The minimum atomic E-state index is -4.08. The molecule has 4 rings (SSSR count). The van der Waals surface area contributed by atoms with Gasteiger partial charge in [0.1, 0.15) is 18.1 Å². The number of carbonyl (C=O) groups is 1. The smallest absolute Gasteiger partial charge is 0.264 e. The third-order valence-corrected chi connectivity index (χ3v) is 7.61. The number of benzene rings is 3. The fourth-order valence-electron chi connectivity index (χ4n) is 3.73. The highest BCUT2D eigenvalue weighted by molar-refractivity contribution is 7.92.